The highest BCUT2D eigenvalue weighted by atomic mass is 16.5. The van der Waals surface area contributed by atoms with E-state index in [4.69, 9.17) is 4.74 Å². The second-order valence-electron chi connectivity index (χ2n) is 8.42. The number of carbonyl (C=O) groups excluding carboxylic acids is 1. The van der Waals surface area contributed by atoms with Gasteiger partial charge in [0.2, 0.25) is 0 Å². The molecule has 2 aromatic heterocycles. The fourth-order valence-electron chi connectivity index (χ4n) is 4.99. The van der Waals surface area contributed by atoms with E-state index < -0.39 is 0 Å². The molecular formula is C20H28N6O2. The fraction of sp³-hybridized carbons (Fsp3) is 0.700. The number of nitrogens with zero attached hydrogens (tertiary/aromatic N) is 5. The van der Waals surface area contributed by atoms with Gasteiger partial charge in [0.1, 0.15) is 0 Å². The largest absolute Gasteiger partial charge is 0.369 e. The van der Waals surface area contributed by atoms with Crippen molar-refractivity contribution in [2.24, 2.45) is 0 Å². The number of likely N-dealkylation sites (tertiary alicyclic amines) is 1. The van der Waals surface area contributed by atoms with Gasteiger partial charge < -0.3 is 9.64 Å². The van der Waals surface area contributed by atoms with E-state index in [2.05, 4.69) is 25.2 Å². The summed E-state index contributed by atoms with van der Waals surface area (Å²) < 4.78 is 7.99. The topological polar surface area (TPSA) is 88.9 Å². The molecule has 1 fully saturated rings. The van der Waals surface area contributed by atoms with E-state index >= 15 is 0 Å². The summed E-state index contributed by atoms with van der Waals surface area (Å²) in [5, 5.41) is 16.2. The minimum atomic E-state index is -0.0444. The van der Waals surface area contributed by atoms with Crippen LogP contribution in [0.4, 0.5) is 0 Å². The molecule has 8 nitrogen and oxygen atoms in total. The van der Waals surface area contributed by atoms with Crippen LogP contribution in [0.3, 0.4) is 0 Å². The van der Waals surface area contributed by atoms with Crippen LogP contribution in [-0.4, -0.2) is 55.2 Å². The van der Waals surface area contributed by atoms with Crippen LogP contribution < -0.4 is 0 Å². The Morgan fingerprint density at radius 1 is 1.18 bits per heavy atom. The van der Waals surface area contributed by atoms with Gasteiger partial charge in [-0.2, -0.15) is 5.10 Å². The molecule has 0 spiro atoms. The molecule has 2 aliphatic heterocycles. The monoisotopic (exact) mass is 384 g/mol. The maximum absolute atomic E-state index is 13.1. The van der Waals surface area contributed by atoms with Crippen molar-refractivity contribution in [1.82, 2.24) is 30.1 Å². The van der Waals surface area contributed by atoms with E-state index in [0.29, 0.717) is 11.7 Å². The number of ether oxygens (including phenoxy) is 1. The zero-order valence-electron chi connectivity index (χ0n) is 16.6. The van der Waals surface area contributed by atoms with Crippen LogP contribution in [0.1, 0.15) is 84.8 Å². The molecule has 0 saturated carbocycles. The first-order valence-electron chi connectivity index (χ1n) is 10.6. The molecule has 8 heteroatoms. The summed E-state index contributed by atoms with van der Waals surface area (Å²) in [4.78, 5) is 15.1. The van der Waals surface area contributed by atoms with Gasteiger partial charge in [-0.15, -0.1) is 5.10 Å². The normalized spacial score (nSPS) is 25.4. The number of hydrogen-bond acceptors (Lipinski definition) is 5. The van der Waals surface area contributed by atoms with Crippen molar-refractivity contribution in [1.29, 1.82) is 0 Å². The summed E-state index contributed by atoms with van der Waals surface area (Å²) in [7, 11) is 0. The van der Waals surface area contributed by atoms with Gasteiger partial charge in [-0.05, 0) is 52.4 Å². The summed E-state index contributed by atoms with van der Waals surface area (Å²) >= 11 is 0. The third-order valence-electron chi connectivity index (χ3n) is 6.48. The quantitative estimate of drug-likeness (QED) is 0.859. The van der Waals surface area contributed by atoms with E-state index in [-0.39, 0.29) is 18.1 Å². The minimum Gasteiger partial charge on any atom is -0.369 e. The highest BCUT2D eigenvalue weighted by Gasteiger charge is 2.33. The smallest absolute Gasteiger partial charge is 0.274 e. The second-order valence-corrected chi connectivity index (χ2v) is 8.42. The molecule has 0 unspecified atom stereocenters. The van der Waals surface area contributed by atoms with Crippen molar-refractivity contribution in [3.8, 4) is 0 Å². The summed E-state index contributed by atoms with van der Waals surface area (Å²) in [6.45, 7) is 5.53. The molecule has 1 N–H and O–H groups in total. The van der Waals surface area contributed by atoms with Gasteiger partial charge in [0.05, 0.1) is 35.3 Å². The summed E-state index contributed by atoms with van der Waals surface area (Å²) in [5.41, 5.74) is 5.06. The van der Waals surface area contributed by atoms with Crippen LogP contribution in [0.2, 0.25) is 0 Å². The minimum absolute atomic E-state index is 0.0397. The molecule has 0 radical (unpaired) electrons. The average Bonchev–Trinajstić information content (AvgIpc) is 3.32. The highest BCUT2D eigenvalue weighted by Crippen LogP contribution is 2.32. The lowest BCUT2D eigenvalue weighted by molar-refractivity contribution is -0.00703. The molecule has 1 aliphatic carbocycles. The number of rotatable bonds is 2. The number of aromatic nitrogens is 5. The van der Waals surface area contributed by atoms with Crippen LogP contribution in [0.15, 0.2) is 0 Å². The van der Waals surface area contributed by atoms with Crippen LogP contribution in [-0.2, 0) is 24.0 Å². The third kappa shape index (κ3) is 2.94. The lowest BCUT2D eigenvalue weighted by Gasteiger charge is -2.33. The maximum atomic E-state index is 13.1. The van der Waals surface area contributed by atoms with Gasteiger partial charge in [-0.3, -0.25) is 9.89 Å². The second kappa shape index (κ2) is 6.99. The molecular weight excluding hydrogens is 356 g/mol. The van der Waals surface area contributed by atoms with E-state index in [9.17, 15) is 4.79 Å². The summed E-state index contributed by atoms with van der Waals surface area (Å²) in [6.07, 6.45) is 7.22. The Morgan fingerprint density at radius 2 is 1.96 bits per heavy atom. The average molecular weight is 384 g/mol. The number of nitrogens with one attached hydrogen (secondary N) is 1. The Hall–Kier alpha value is -2.22. The van der Waals surface area contributed by atoms with E-state index in [1.807, 2.05) is 18.7 Å². The Labute approximate surface area is 164 Å². The maximum Gasteiger partial charge on any atom is 0.274 e. The molecule has 5 rings (SSSR count). The first kappa shape index (κ1) is 17.8. The van der Waals surface area contributed by atoms with Gasteiger partial charge in [0.25, 0.3) is 5.91 Å². The van der Waals surface area contributed by atoms with Crippen molar-refractivity contribution in [3.63, 3.8) is 0 Å². The van der Waals surface area contributed by atoms with Gasteiger partial charge in [-0.1, -0.05) is 5.21 Å². The summed E-state index contributed by atoms with van der Waals surface area (Å²) in [6, 6.07) is 0.347. The Kier molecular flexibility index (Phi) is 4.45. The number of aromatic amines is 1. The Bertz CT molecular complexity index is 879. The van der Waals surface area contributed by atoms with Gasteiger partial charge in [0, 0.05) is 25.1 Å². The van der Waals surface area contributed by atoms with Crippen molar-refractivity contribution in [2.75, 3.05) is 13.1 Å². The molecule has 1 amide bonds. The fourth-order valence-corrected chi connectivity index (χ4v) is 4.99. The molecule has 1 saturated heterocycles. The van der Waals surface area contributed by atoms with Crippen LogP contribution in [0, 0.1) is 0 Å². The SMILES string of the molecule is C[C@@H]1Cc2c(C(=O)N3CCC(n4nnc5c4CCCC5)CC3)n[nH]c2[C@H](C)O1. The number of amides is 1. The number of fused-ring (bicyclic) bond motifs is 2. The number of aryl methyl sites for hydroxylation is 1. The summed E-state index contributed by atoms with van der Waals surface area (Å²) in [5.74, 6) is 0.0397. The highest BCUT2D eigenvalue weighted by molar-refractivity contribution is 5.94. The van der Waals surface area contributed by atoms with Crippen molar-refractivity contribution in [2.45, 2.75) is 77.0 Å². The molecule has 150 valence electrons. The van der Waals surface area contributed by atoms with E-state index in [1.54, 1.807) is 0 Å². The number of hydrogen-bond donors (Lipinski definition) is 1. The predicted molar refractivity (Wildman–Crippen MR) is 102 cm³/mol. The number of piperidine rings is 1. The van der Waals surface area contributed by atoms with Crippen LogP contribution >= 0.6 is 0 Å². The van der Waals surface area contributed by atoms with Gasteiger partial charge >= 0.3 is 0 Å². The first-order valence-corrected chi connectivity index (χ1v) is 10.6. The first-order chi connectivity index (χ1) is 13.6. The van der Waals surface area contributed by atoms with Crippen LogP contribution in [0.5, 0.6) is 0 Å². The van der Waals surface area contributed by atoms with E-state index in [1.165, 1.54) is 24.2 Å². The number of H-pyrrole nitrogens is 1. The van der Waals surface area contributed by atoms with Crippen molar-refractivity contribution < 1.29 is 9.53 Å². The zero-order chi connectivity index (χ0) is 19.3. The standard InChI is InChI=1S/C20H28N6O2/c1-12-11-15-18(13(2)28-12)22-23-19(15)20(27)25-9-7-14(8-10-25)26-17-6-4-3-5-16(17)21-24-26/h12-14H,3-11H2,1-2H3,(H,22,23)/t12-,13+/m1/s1. The van der Waals surface area contributed by atoms with Crippen LogP contribution in [0.25, 0.3) is 0 Å². The molecule has 0 bridgehead atoms. The lowest BCUT2D eigenvalue weighted by atomic mass is 9.97. The van der Waals surface area contributed by atoms with Gasteiger partial charge in [-0.25, -0.2) is 4.68 Å². The molecule has 0 aromatic carbocycles. The van der Waals surface area contributed by atoms with Gasteiger partial charge in [0.15, 0.2) is 5.69 Å². The molecule has 28 heavy (non-hydrogen) atoms. The molecule has 2 aromatic rings. The van der Waals surface area contributed by atoms with Crippen molar-refractivity contribution >= 4 is 5.91 Å². The zero-order valence-corrected chi connectivity index (χ0v) is 16.6. The third-order valence-corrected chi connectivity index (χ3v) is 6.48. The Balaban J connectivity index is 1.29. The molecule has 2 atom stereocenters. The number of carbonyl (C=O) groups is 1. The molecule has 3 aliphatic rings. The predicted octanol–water partition coefficient (Wildman–Crippen LogP) is 2.38. The molecule has 4 heterocycles. The van der Waals surface area contributed by atoms with Crippen molar-refractivity contribution in [3.05, 3.63) is 28.3 Å². The Morgan fingerprint density at radius 3 is 2.79 bits per heavy atom. The lowest BCUT2D eigenvalue weighted by Crippen LogP contribution is -2.40. The van der Waals surface area contributed by atoms with E-state index in [0.717, 1.165) is 56.5 Å².